The number of rotatable bonds is 5. The summed E-state index contributed by atoms with van der Waals surface area (Å²) in [4.78, 5) is 4.93. The van der Waals surface area contributed by atoms with E-state index in [9.17, 15) is 8.42 Å². The van der Waals surface area contributed by atoms with E-state index in [1.807, 2.05) is 0 Å². The molecule has 0 aromatic rings. The number of hydrogen-bond acceptors (Lipinski definition) is 5. The van der Waals surface area contributed by atoms with Gasteiger partial charge < -0.3 is 10.2 Å². The highest BCUT2D eigenvalue weighted by molar-refractivity contribution is 7.90. The Kier molecular flexibility index (Phi) is 4.41. The van der Waals surface area contributed by atoms with Crippen LogP contribution in [0.5, 0.6) is 0 Å². The van der Waals surface area contributed by atoms with Gasteiger partial charge in [0.05, 0.1) is 5.75 Å². The molecule has 0 aromatic carbocycles. The first-order valence-electron chi connectivity index (χ1n) is 6.39. The van der Waals surface area contributed by atoms with Crippen LogP contribution < -0.4 is 5.32 Å². The zero-order chi connectivity index (χ0) is 12.3. The molecule has 0 amide bonds. The molecule has 5 nitrogen and oxygen atoms in total. The van der Waals surface area contributed by atoms with Gasteiger partial charge in [-0.25, -0.2) is 8.42 Å². The second-order valence-electron chi connectivity index (χ2n) is 5.17. The Morgan fingerprint density at radius 3 is 2.29 bits per heavy atom. The van der Waals surface area contributed by atoms with Gasteiger partial charge in [-0.15, -0.1) is 0 Å². The summed E-state index contributed by atoms with van der Waals surface area (Å²) in [6, 6.07) is 0.744. The minimum atomic E-state index is -2.79. The van der Waals surface area contributed by atoms with Gasteiger partial charge in [0.25, 0.3) is 0 Å². The first-order chi connectivity index (χ1) is 8.04. The Morgan fingerprint density at radius 1 is 1.18 bits per heavy atom. The lowest BCUT2D eigenvalue weighted by Gasteiger charge is -2.43. The summed E-state index contributed by atoms with van der Waals surface area (Å²) in [6.07, 6.45) is 2.08. The minimum Gasteiger partial charge on any atom is -0.314 e. The Balaban J connectivity index is 1.62. The number of nitrogens with one attached hydrogen (secondary N) is 1. The standard InChI is InChI=1S/C11H23N3O2S/c1-17(15,16)8-2-3-13-4-6-14(7-5-13)11-9-12-10-11/h11-12H,2-10H2,1H3. The number of piperazine rings is 1. The monoisotopic (exact) mass is 261 g/mol. The maximum atomic E-state index is 11.0. The van der Waals surface area contributed by atoms with Gasteiger partial charge in [0.1, 0.15) is 9.84 Å². The van der Waals surface area contributed by atoms with Crippen molar-refractivity contribution in [2.45, 2.75) is 12.5 Å². The average Bonchev–Trinajstić information content (AvgIpc) is 2.16. The third-order valence-corrected chi connectivity index (χ3v) is 4.70. The lowest BCUT2D eigenvalue weighted by atomic mass is 10.1. The van der Waals surface area contributed by atoms with Gasteiger partial charge >= 0.3 is 0 Å². The Morgan fingerprint density at radius 2 is 1.82 bits per heavy atom. The highest BCUT2D eigenvalue weighted by Crippen LogP contribution is 2.09. The lowest BCUT2D eigenvalue weighted by Crippen LogP contribution is -2.61. The number of nitrogens with zero attached hydrogens (tertiary/aromatic N) is 2. The van der Waals surface area contributed by atoms with E-state index in [0.29, 0.717) is 5.75 Å². The van der Waals surface area contributed by atoms with Crippen molar-refractivity contribution in [3.05, 3.63) is 0 Å². The van der Waals surface area contributed by atoms with Crippen LogP contribution in [0.2, 0.25) is 0 Å². The molecule has 1 N–H and O–H groups in total. The van der Waals surface area contributed by atoms with Gasteiger partial charge in [-0.05, 0) is 13.0 Å². The van der Waals surface area contributed by atoms with Crippen molar-refractivity contribution in [1.29, 1.82) is 0 Å². The third-order valence-electron chi connectivity index (χ3n) is 3.67. The number of sulfone groups is 1. The summed E-state index contributed by atoms with van der Waals surface area (Å²) in [6.45, 7) is 7.61. The lowest BCUT2D eigenvalue weighted by molar-refractivity contribution is 0.0731. The molecule has 0 bridgehead atoms. The van der Waals surface area contributed by atoms with E-state index in [4.69, 9.17) is 0 Å². The van der Waals surface area contributed by atoms with Crippen molar-refractivity contribution >= 4 is 9.84 Å². The fraction of sp³-hybridized carbons (Fsp3) is 1.00. The van der Waals surface area contributed by atoms with E-state index < -0.39 is 9.84 Å². The second kappa shape index (κ2) is 5.65. The van der Waals surface area contributed by atoms with Crippen LogP contribution in [0.15, 0.2) is 0 Å². The quantitative estimate of drug-likeness (QED) is 0.689. The molecule has 2 aliphatic heterocycles. The predicted molar refractivity (Wildman–Crippen MR) is 69.0 cm³/mol. The van der Waals surface area contributed by atoms with Gasteiger partial charge in [-0.1, -0.05) is 0 Å². The van der Waals surface area contributed by atoms with Crippen molar-refractivity contribution in [1.82, 2.24) is 15.1 Å². The molecule has 100 valence electrons. The summed E-state index contributed by atoms with van der Waals surface area (Å²) in [7, 11) is -2.79. The molecule has 0 radical (unpaired) electrons. The smallest absolute Gasteiger partial charge is 0.147 e. The van der Waals surface area contributed by atoms with Gasteiger partial charge in [0, 0.05) is 51.6 Å². The Bertz CT molecular complexity index is 333. The molecule has 2 saturated heterocycles. The maximum absolute atomic E-state index is 11.0. The molecule has 2 aliphatic rings. The van der Waals surface area contributed by atoms with Gasteiger partial charge in [0.15, 0.2) is 0 Å². The summed E-state index contributed by atoms with van der Waals surface area (Å²) < 4.78 is 22.1. The Hall–Kier alpha value is -0.170. The number of hydrogen-bond donors (Lipinski definition) is 1. The zero-order valence-electron chi connectivity index (χ0n) is 10.6. The van der Waals surface area contributed by atoms with Crippen molar-refractivity contribution < 1.29 is 8.42 Å². The maximum Gasteiger partial charge on any atom is 0.147 e. The Labute approximate surface area is 104 Å². The predicted octanol–water partition coefficient (Wildman–Crippen LogP) is -0.989. The molecular formula is C11H23N3O2S. The molecule has 0 aromatic heterocycles. The SMILES string of the molecule is CS(=O)(=O)CCCN1CCN(C2CNC2)CC1. The minimum absolute atomic E-state index is 0.319. The molecule has 6 heteroatoms. The first-order valence-corrected chi connectivity index (χ1v) is 8.45. The summed E-state index contributed by atoms with van der Waals surface area (Å²) >= 11 is 0. The second-order valence-corrected chi connectivity index (χ2v) is 7.43. The molecule has 0 saturated carbocycles. The fourth-order valence-electron chi connectivity index (χ4n) is 2.43. The van der Waals surface area contributed by atoms with Gasteiger partial charge in [-0.2, -0.15) is 0 Å². The van der Waals surface area contributed by atoms with E-state index in [-0.39, 0.29) is 0 Å². The molecule has 0 unspecified atom stereocenters. The topological polar surface area (TPSA) is 52.7 Å². The van der Waals surface area contributed by atoms with Gasteiger partial charge in [-0.3, -0.25) is 4.90 Å². The summed E-state index contributed by atoms with van der Waals surface area (Å²) in [5.74, 6) is 0.319. The fourth-order valence-corrected chi connectivity index (χ4v) is 3.09. The molecule has 2 rings (SSSR count). The van der Waals surface area contributed by atoms with E-state index in [0.717, 1.165) is 58.3 Å². The normalized spacial score (nSPS) is 24.8. The summed E-state index contributed by atoms with van der Waals surface area (Å²) in [5.41, 5.74) is 0. The van der Waals surface area contributed by atoms with Crippen LogP contribution in [-0.4, -0.2) is 82.1 Å². The van der Waals surface area contributed by atoms with Crippen LogP contribution in [0.3, 0.4) is 0 Å². The third kappa shape index (κ3) is 4.21. The van der Waals surface area contributed by atoms with Crippen LogP contribution in [0.4, 0.5) is 0 Å². The van der Waals surface area contributed by atoms with E-state index in [1.165, 1.54) is 6.26 Å². The van der Waals surface area contributed by atoms with Crippen LogP contribution in [-0.2, 0) is 9.84 Å². The molecule has 0 aliphatic carbocycles. The zero-order valence-corrected chi connectivity index (χ0v) is 11.4. The van der Waals surface area contributed by atoms with Crippen LogP contribution in [0.1, 0.15) is 6.42 Å². The van der Waals surface area contributed by atoms with Crippen LogP contribution >= 0.6 is 0 Å². The molecule has 0 spiro atoms. The van der Waals surface area contributed by atoms with E-state index >= 15 is 0 Å². The van der Waals surface area contributed by atoms with Crippen LogP contribution in [0, 0.1) is 0 Å². The van der Waals surface area contributed by atoms with Crippen molar-refractivity contribution in [3.8, 4) is 0 Å². The highest BCUT2D eigenvalue weighted by atomic mass is 32.2. The van der Waals surface area contributed by atoms with E-state index in [2.05, 4.69) is 15.1 Å². The van der Waals surface area contributed by atoms with Crippen molar-refractivity contribution in [2.24, 2.45) is 0 Å². The van der Waals surface area contributed by atoms with E-state index in [1.54, 1.807) is 0 Å². The average molecular weight is 261 g/mol. The van der Waals surface area contributed by atoms with Gasteiger partial charge in [0.2, 0.25) is 0 Å². The first kappa shape index (κ1) is 13.3. The molecule has 2 heterocycles. The molecular weight excluding hydrogens is 238 g/mol. The van der Waals surface area contributed by atoms with Crippen molar-refractivity contribution in [2.75, 3.05) is 57.8 Å². The summed E-state index contributed by atoms with van der Waals surface area (Å²) in [5, 5.41) is 3.30. The largest absolute Gasteiger partial charge is 0.314 e. The van der Waals surface area contributed by atoms with Crippen LogP contribution in [0.25, 0.3) is 0 Å². The van der Waals surface area contributed by atoms with Crippen molar-refractivity contribution in [3.63, 3.8) is 0 Å². The molecule has 0 atom stereocenters. The molecule has 2 fully saturated rings. The highest BCUT2D eigenvalue weighted by Gasteiger charge is 2.27. The molecule has 17 heavy (non-hydrogen) atoms.